The molecule has 2 rings (SSSR count). The number of benzene rings is 1. The molecule has 2 amide bonds. The summed E-state index contributed by atoms with van der Waals surface area (Å²) in [6.07, 6.45) is 0.184. The van der Waals surface area contributed by atoms with Gasteiger partial charge in [-0.1, -0.05) is 6.07 Å². The molecule has 0 bridgehead atoms. The molecule has 4 N–H and O–H groups in total. The number of hydrogen-bond acceptors (Lipinski definition) is 3. The van der Waals surface area contributed by atoms with Crippen LogP contribution in [0.5, 0.6) is 0 Å². The number of nitrogens with zero attached hydrogens (tertiary/aromatic N) is 1. The summed E-state index contributed by atoms with van der Waals surface area (Å²) in [5, 5.41) is 0. The molecule has 1 aromatic carbocycles. The normalized spacial score (nSPS) is 19.7. The number of amides is 2. The van der Waals surface area contributed by atoms with Crippen LogP contribution in [-0.4, -0.2) is 18.4 Å². The second-order valence-corrected chi connectivity index (χ2v) is 4.35. The van der Waals surface area contributed by atoms with Gasteiger partial charge in [-0.3, -0.25) is 9.59 Å². The van der Waals surface area contributed by atoms with Crippen molar-refractivity contribution in [3.05, 3.63) is 23.8 Å². The monoisotopic (exact) mass is 233 g/mol. The lowest BCUT2D eigenvalue weighted by Gasteiger charge is -2.19. The maximum atomic E-state index is 11.8. The Bertz CT molecular complexity index is 485. The number of carbonyl (C=O) groups excluding carboxylic acids is 2. The second kappa shape index (κ2) is 4.08. The summed E-state index contributed by atoms with van der Waals surface area (Å²) in [6.45, 7) is 2.25. The van der Waals surface area contributed by atoms with Gasteiger partial charge < -0.3 is 16.4 Å². The number of carbonyl (C=O) groups is 2. The average molecular weight is 233 g/mol. The van der Waals surface area contributed by atoms with Gasteiger partial charge >= 0.3 is 0 Å². The van der Waals surface area contributed by atoms with E-state index in [1.165, 1.54) is 0 Å². The minimum atomic E-state index is -0.428. The fraction of sp³-hybridized carbons (Fsp3) is 0.333. The Hall–Kier alpha value is -2.04. The molecule has 90 valence electrons. The number of rotatable bonds is 2. The first kappa shape index (κ1) is 11.4. The van der Waals surface area contributed by atoms with Gasteiger partial charge in [0.15, 0.2) is 0 Å². The molecule has 0 radical (unpaired) electrons. The van der Waals surface area contributed by atoms with E-state index in [1.807, 2.05) is 13.0 Å². The van der Waals surface area contributed by atoms with Crippen molar-refractivity contribution in [2.75, 3.05) is 17.2 Å². The highest BCUT2D eigenvalue weighted by molar-refractivity contribution is 6.00. The first-order valence-corrected chi connectivity index (χ1v) is 5.45. The lowest BCUT2D eigenvalue weighted by molar-refractivity contribution is -0.123. The van der Waals surface area contributed by atoms with E-state index in [2.05, 4.69) is 0 Å². The molecule has 0 spiro atoms. The van der Waals surface area contributed by atoms with Gasteiger partial charge in [0, 0.05) is 24.3 Å². The molecule has 17 heavy (non-hydrogen) atoms. The summed E-state index contributed by atoms with van der Waals surface area (Å²) in [5.74, 6) is -0.909. The van der Waals surface area contributed by atoms with Gasteiger partial charge in [-0.15, -0.1) is 0 Å². The number of nitrogens with two attached hydrogens (primary N) is 2. The maximum Gasteiger partial charge on any atom is 0.227 e. The Labute approximate surface area is 99.4 Å². The molecule has 1 fully saturated rings. The topological polar surface area (TPSA) is 89.4 Å². The molecule has 1 aromatic rings. The van der Waals surface area contributed by atoms with Gasteiger partial charge in [-0.25, -0.2) is 0 Å². The first-order chi connectivity index (χ1) is 7.99. The van der Waals surface area contributed by atoms with Crippen molar-refractivity contribution >= 4 is 23.2 Å². The standard InChI is InChI=1S/C12H15N3O2/c1-7-2-3-9(13)5-10(7)15-6-8(12(14)17)4-11(15)16/h2-3,5,8H,4,6,13H2,1H3,(H2,14,17)/t8-/m1/s1. The Kier molecular flexibility index (Phi) is 2.75. The van der Waals surface area contributed by atoms with Crippen molar-refractivity contribution in [1.82, 2.24) is 0 Å². The zero-order valence-corrected chi connectivity index (χ0v) is 9.64. The predicted molar refractivity (Wildman–Crippen MR) is 65.2 cm³/mol. The third-order valence-corrected chi connectivity index (χ3v) is 3.05. The summed E-state index contributed by atoms with van der Waals surface area (Å²) >= 11 is 0. The lowest BCUT2D eigenvalue weighted by atomic mass is 10.1. The summed E-state index contributed by atoms with van der Waals surface area (Å²) < 4.78 is 0. The molecule has 0 saturated carbocycles. The summed E-state index contributed by atoms with van der Waals surface area (Å²) in [4.78, 5) is 24.5. The maximum absolute atomic E-state index is 11.8. The highest BCUT2D eigenvalue weighted by Crippen LogP contribution is 2.29. The highest BCUT2D eigenvalue weighted by atomic mass is 16.2. The Balaban J connectivity index is 2.32. The average Bonchev–Trinajstić information content (AvgIpc) is 2.64. The van der Waals surface area contributed by atoms with Crippen molar-refractivity contribution in [2.45, 2.75) is 13.3 Å². The van der Waals surface area contributed by atoms with Crippen LogP contribution in [0.25, 0.3) is 0 Å². The van der Waals surface area contributed by atoms with Crippen molar-refractivity contribution in [3.8, 4) is 0 Å². The zero-order chi connectivity index (χ0) is 12.6. The van der Waals surface area contributed by atoms with E-state index >= 15 is 0 Å². The van der Waals surface area contributed by atoms with Crippen LogP contribution in [0.4, 0.5) is 11.4 Å². The molecule has 5 nitrogen and oxygen atoms in total. The molecule has 1 heterocycles. The summed E-state index contributed by atoms with van der Waals surface area (Å²) in [6, 6.07) is 5.39. The second-order valence-electron chi connectivity index (χ2n) is 4.35. The number of aryl methyl sites for hydroxylation is 1. The van der Waals surface area contributed by atoms with Gasteiger partial charge in [0.05, 0.1) is 5.92 Å². The van der Waals surface area contributed by atoms with Gasteiger partial charge in [0.2, 0.25) is 11.8 Å². The Morgan fingerprint density at radius 3 is 2.76 bits per heavy atom. The third kappa shape index (κ3) is 2.08. The third-order valence-electron chi connectivity index (χ3n) is 3.05. The van der Waals surface area contributed by atoms with E-state index < -0.39 is 11.8 Å². The molecule has 1 aliphatic heterocycles. The first-order valence-electron chi connectivity index (χ1n) is 5.45. The molecular weight excluding hydrogens is 218 g/mol. The zero-order valence-electron chi connectivity index (χ0n) is 9.64. The molecule has 0 aromatic heterocycles. The van der Waals surface area contributed by atoms with Gasteiger partial charge in [-0.05, 0) is 24.6 Å². The van der Waals surface area contributed by atoms with E-state index in [-0.39, 0.29) is 12.3 Å². The minimum Gasteiger partial charge on any atom is -0.399 e. The van der Waals surface area contributed by atoms with Crippen LogP contribution < -0.4 is 16.4 Å². The summed E-state index contributed by atoms with van der Waals surface area (Å²) in [5.41, 5.74) is 13.2. The molecule has 5 heteroatoms. The number of hydrogen-bond donors (Lipinski definition) is 2. The number of nitrogen functional groups attached to an aromatic ring is 1. The number of primary amides is 1. The van der Waals surface area contributed by atoms with Gasteiger partial charge in [0.1, 0.15) is 0 Å². The summed E-state index contributed by atoms with van der Waals surface area (Å²) in [7, 11) is 0. The van der Waals surface area contributed by atoms with Crippen molar-refractivity contribution in [1.29, 1.82) is 0 Å². The highest BCUT2D eigenvalue weighted by Gasteiger charge is 2.34. The fourth-order valence-corrected chi connectivity index (χ4v) is 2.05. The van der Waals surface area contributed by atoms with E-state index in [0.717, 1.165) is 11.3 Å². The van der Waals surface area contributed by atoms with Crippen LogP contribution in [0, 0.1) is 12.8 Å². The van der Waals surface area contributed by atoms with Crippen molar-refractivity contribution in [2.24, 2.45) is 11.7 Å². The van der Waals surface area contributed by atoms with E-state index in [1.54, 1.807) is 17.0 Å². The van der Waals surface area contributed by atoms with E-state index in [0.29, 0.717) is 12.2 Å². The van der Waals surface area contributed by atoms with Gasteiger partial charge in [0.25, 0.3) is 0 Å². The molecular formula is C12H15N3O2. The predicted octanol–water partition coefficient (Wildman–Crippen LogP) is 0.415. The van der Waals surface area contributed by atoms with Crippen LogP contribution >= 0.6 is 0 Å². The SMILES string of the molecule is Cc1ccc(N)cc1N1C[C@H](C(N)=O)CC1=O. The van der Waals surface area contributed by atoms with E-state index in [9.17, 15) is 9.59 Å². The molecule has 0 aliphatic carbocycles. The fourth-order valence-electron chi connectivity index (χ4n) is 2.05. The minimum absolute atomic E-state index is 0.0810. The Morgan fingerprint density at radius 2 is 2.18 bits per heavy atom. The van der Waals surface area contributed by atoms with Crippen molar-refractivity contribution in [3.63, 3.8) is 0 Å². The largest absolute Gasteiger partial charge is 0.399 e. The van der Waals surface area contributed by atoms with Crippen LogP contribution in [-0.2, 0) is 9.59 Å². The smallest absolute Gasteiger partial charge is 0.227 e. The van der Waals surface area contributed by atoms with Crippen LogP contribution in [0.1, 0.15) is 12.0 Å². The lowest BCUT2D eigenvalue weighted by Crippen LogP contribution is -2.28. The van der Waals surface area contributed by atoms with Crippen LogP contribution in [0.15, 0.2) is 18.2 Å². The van der Waals surface area contributed by atoms with Gasteiger partial charge in [-0.2, -0.15) is 0 Å². The molecule has 1 saturated heterocycles. The van der Waals surface area contributed by atoms with E-state index in [4.69, 9.17) is 11.5 Å². The molecule has 1 aliphatic rings. The van der Waals surface area contributed by atoms with Crippen LogP contribution in [0.3, 0.4) is 0 Å². The van der Waals surface area contributed by atoms with Crippen molar-refractivity contribution < 1.29 is 9.59 Å². The molecule has 0 unspecified atom stereocenters. The van der Waals surface area contributed by atoms with Crippen LogP contribution in [0.2, 0.25) is 0 Å². The quantitative estimate of drug-likeness (QED) is 0.725. The Morgan fingerprint density at radius 1 is 1.47 bits per heavy atom. The number of anilines is 2. The molecule has 1 atom stereocenters.